The fraction of sp³-hybridized carbons (Fsp3) is 0.306. The Hall–Kier alpha value is -4.01. The topological polar surface area (TPSA) is 75.3 Å². The molecule has 222 valence electrons. The lowest BCUT2D eigenvalue weighted by Crippen LogP contribution is -2.65. The van der Waals surface area contributed by atoms with Crippen molar-refractivity contribution in [2.24, 2.45) is 5.92 Å². The quantitative estimate of drug-likeness (QED) is 0.207. The van der Waals surface area contributed by atoms with Gasteiger partial charge in [0, 0.05) is 0 Å². The highest BCUT2D eigenvalue weighted by Gasteiger charge is 2.57. The summed E-state index contributed by atoms with van der Waals surface area (Å²) < 4.78 is 32.2. The van der Waals surface area contributed by atoms with E-state index in [0.717, 1.165) is 22.3 Å². The van der Waals surface area contributed by atoms with Crippen LogP contribution in [0.2, 0.25) is 0 Å². The van der Waals surface area contributed by atoms with Gasteiger partial charge in [0.05, 0.1) is 51.1 Å². The van der Waals surface area contributed by atoms with E-state index in [0.29, 0.717) is 33.0 Å². The lowest BCUT2D eigenvalue weighted by molar-refractivity contribution is -0.219. The molecule has 0 radical (unpaired) electrons. The van der Waals surface area contributed by atoms with Crippen LogP contribution in [0, 0.1) is 5.92 Å². The van der Waals surface area contributed by atoms with Crippen molar-refractivity contribution in [3.63, 3.8) is 0 Å². The summed E-state index contributed by atoms with van der Waals surface area (Å²) >= 11 is 0. The fourth-order valence-electron chi connectivity index (χ4n) is 5.88. The molecule has 2 aliphatic rings. The van der Waals surface area contributed by atoms with Crippen molar-refractivity contribution in [1.29, 1.82) is 0 Å². The molecule has 4 aromatic rings. The Balaban J connectivity index is 1.30. The molecule has 1 saturated heterocycles. The molecule has 0 bridgehead atoms. The normalized spacial score (nSPS) is 24.6. The van der Waals surface area contributed by atoms with E-state index in [1.807, 2.05) is 121 Å². The average molecular weight is 580 g/mol. The van der Waals surface area contributed by atoms with Gasteiger partial charge in [-0.1, -0.05) is 121 Å². The fourth-order valence-corrected chi connectivity index (χ4v) is 5.88. The average Bonchev–Trinajstić information content (AvgIpc) is 3.45. The molecule has 7 heteroatoms. The van der Waals surface area contributed by atoms with E-state index in [-0.39, 0.29) is 5.92 Å². The first kappa shape index (κ1) is 29.1. The van der Waals surface area contributed by atoms with Crippen LogP contribution in [-0.2, 0) is 50.1 Å². The van der Waals surface area contributed by atoms with E-state index in [9.17, 15) is 4.79 Å². The number of hydrogen-bond donors (Lipinski definition) is 1. The van der Waals surface area contributed by atoms with Gasteiger partial charge in [-0.25, -0.2) is 4.79 Å². The van der Waals surface area contributed by atoms with E-state index < -0.39 is 36.6 Å². The van der Waals surface area contributed by atoms with Gasteiger partial charge in [0.25, 0.3) is 0 Å². The molecule has 1 saturated carbocycles. The van der Waals surface area contributed by atoms with Crippen LogP contribution < -0.4 is 5.32 Å². The molecule has 6 rings (SSSR count). The molecule has 4 aromatic carbocycles. The minimum Gasteiger partial charge on any atom is -0.443 e. The van der Waals surface area contributed by atoms with Crippen LogP contribution in [0.25, 0.3) is 0 Å². The third kappa shape index (κ3) is 7.50. The molecule has 1 aliphatic heterocycles. The predicted octanol–water partition coefficient (Wildman–Crippen LogP) is 6.07. The molecular weight excluding hydrogens is 542 g/mol. The number of carbonyl (C=O) groups excluding carboxylic acids is 1. The standard InChI is InChI=1S/C36H37NO6/c38-36-37-31-32(43-36)30(25-39-21-26-13-5-1-6-14-26)33(40-22-27-15-7-2-8-16-27)35(42-24-29-19-11-4-12-20-29)34(31)41-23-28-17-9-3-10-18-28/h1-20,30-35H,21-25H2,(H,37,38)/t30?,31-,32-,33-,34-,35-/m0/s1. The molecule has 43 heavy (non-hydrogen) atoms. The third-order valence-corrected chi connectivity index (χ3v) is 8.00. The van der Waals surface area contributed by atoms with Crippen molar-refractivity contribution in [1.82, 2.24) is 5.32 Å². The molecule has 1 unspecified atom stereocenters. The lowest BCUT2D eigenvalue weighted by atomic mass is 9.77. The van der Waals surface area contributed by atoms with E-state index in [4.69, 9.17) is 23.7 Å². The maximum Gasteiger partial charge on any atom is 0.407 e. The lowest BCUT2D eigenvalue weighted by Gasteiger charge is -2.46. The van der Waals surface area contributed by atoms with Gasteiger partial charge < -0.3 is 29.0 Å². The van der Waals surface area contributed by atoms with Crippen LogP contribution in [0.4, 0.5) is 4.79 Å². The largest absolute Gasteiger partial charge is 0.443 e. The summed E-state index contributed by atoms with van der Waals surface area (Å²) in [6.45, 7) is 1.85. The molecule has 7 nitrogen and oxygen atoms in total. The summed E-state index contributed by atoms with van der Waals surface area (Å²) in [4.78, 5) is 12.7. The van der Waals surface area contributed by atoms with Crippen LogP contribution in [0.3, 0.4) is 0 Å². The Bertz CT molecular complexity index is 1410. The SMILES string of the molecule is O=C1N[C@@H]2[C@H](OCc3ccccc3)[C@@H](OCc3ccccc3)[C@@H](OCc3ccccc3)C(COCc3ccccc3)[C@@H]2O1. The highest BCUT2D eigenvalue weighted by Crippen LogP contribution is 2.38. The summed E-state index contributed by atoms with van der Waals surface area (Å²) in [5.74, 6) is -0.297. The number of carbonyl (C=O) groups is 1. The summed E-state index contributed by atoms with van der Waals surface area (Å²) in [6.07, 6.45) is -2.49. The zero-order chi connectivity index (χ0) is 29.3. The van der Waals surface area contributed by atoms with Gasteiger partial charge in [0.2, 0.25) is 0 Å². The van der Waals surface area contributed by atoms with Crippen molar-refractivity contribution in [3.05, 3.63) is 144 Å². The number of fused-ring (bicyclic) bond motifs is 1. The van der Waals surface area contributed by atoms with Gasteiger partial charge in [-0.05, 0) is 22.3 Å². The van der Waals surface area contributed by atoms with Crippen molar-refractivity contribution < 1.29 is 28.5 Å². The molecule has 1 amide bonds. The van der Waals surface area contributed by atoms with Crippen molar-refractivity contribution in [2.75, 3.05) is 6.61 Å². The number of amides is 1. The van der Waals surface area contributed by atoms with E-state index in [1.165, 1.54) is 0 Å². The van der Waals surface area contributed by atoms with Crippen LogP contribution in [0.1, 0.15) is 22.3 Å². The summed E-state index contributed by atoms with van der Waals surface area (Å²) in [6, 6.07) is 39.7. The minimum absolute atomic E-state index is 0.297. The second kappa shape index (κ2) is 14.4. The van der Waals surface area contributed by atoms with E-state index in [2.05, 4.69) is 5.32 Å². The Morgan fingerprint density at radius 3 is 1.44 bits per heavy atom. The van der Waals surface area contributed by atoms with Gasteiger partial charge in [-0.2, -0.15) is 0 Å². The Kier molecular flexibility index (Phi) is 9.77. The smallest absolute Gasteiger partial charge is 0.407 e. The Labute approximate surface area is 252 Å². The maximum absolute atomic E-state index is 12.7. The highest BCUT2D eigenvalue weighted by molar-refractivity contribution is 5.70. The van der Waals surface area contributed by atoms with Crippen LogP contribution in [-0.4, -0.2) is 43.2 Å². The second-order valence-corrected chi connectivity index (χ2v) is 11.0. The van der Waals surface area contributed by atoms with Gasteiger partial charge in [-0.15, -0.1) is 0 Å². The van der Waals surface area contributed by atoms with Crippen molar-refractivity contribution >= 4 is 6.09 Å². The van der Waals surface area contributed by atoms with Gasteiger partial charge in [-0.3, -0.25) is 0 Å². The maximum atomic E-state index is 12.7. The first-order chi connectivity index (χ1) is 21.2. The minimum atomic E-state index is -0.522. The molecule has 1 N–H and O–H groups in total. The van der Waals surface area contributed by atoms with Crippen molar-refractivity contribution in [2.45, 2.75) is 56.9 Å². The van der Waals surface area contributed by atoms with Gasteiger partial charge >= 0.3 is 6.09 Å². The number of alkyl carbamates (subject to hydrolysis) is 1. The number of benzene rings is 4. The number of nitrogens with one attached hydrogen (secondary N) is 1. The second-order valence-electron chi connectivity index (χ2n) is 11.0. The van der Waals surface area contributed by atoms with Gasteiger partial charge in [0.1, 0.15) is 18.3 Å². The predicted molar refractivity (Wildman–Crippen MR) is 162 cm³/mol. The van der Waals surface area contributed by atoms with Crippen LogP contribution in [0.15, 0.2) is 121 Å². The van der Waals surface area contributed by atoms with E-state index >= 15 is 0 Å². The number of hydrogen-bond acceptors (Lipinski definition) is 6. The molecule has 2 fully saturated rings. The number of ether oxygens (including phenoxy) is 5. The van der Waals surface area contributed by atoms with Crippen LogP contribution in [0.5, 0.6) is 0 Å². The number of rotatable bonds is 13. The molecule has 0 spiro atoms. The first-order valence-electron chi connectivity index (χ1n) is 14.8. The summed E-state index contributed by atoms with van der Waals surface area (Å²) in [5, 5.41) is 3.03. The molecule has 6 atom stereocenters. The molecule has 0 aromatic heterocycles. The zero-order valence-corrected chi connectivity index (χ0v) is 24.0. The van der Waals surface area contributed by atoms with Gasteiger partial charge in [0.15, 0.2) is 0 Å². The molecular formula is C36H37NO6. The first-order valence-corrected chi connectivity index (χ1v) is 14.8. The van der Waals surface area contributed by atoms with E-state index in [1.54, 1.807) is 0 Å². The molecule has 1 aliphatic carbocycles. The molecule has 1 heterocycles. The highest BCUT2D eigenvalue weighted by atomic mass is 16.6. The van der Waals surface area contributed by atoms with Crippen molar-refractivity contribution in [3.8, 4) is 0 Å². The summed E-state index contributed by atoms with van der Waals surface area (Å²) in [7, 11) is 0. The summed E-state index contributed by atoms with van der Waals surface area (Å²) in [5.41, 5.74) is 4.18. The Morgan fingerprint density at radius 1 is 0.535 bits per heavy atom. The monoisotopic (exact) mass is 579 g/mol. The zero-order valence-electron chi connectivity index (χ0n) is 24.0. The third-order valence-electron chi connectivity index (χ3n) is 8.00. The Morgan fingerprint density at radius 2 is 0.953 bits per heavy atom. The van der Waals surface area contributed by atoms with Crippen LogP contribution >= 0.6 is 0 Å².